The average molecular weight is 716 g/mol. The van der Waals surface area contributed by atoms with Gasteiger partial charge < -0.3 is 9.13 Å². The van der Waals surface area contributed by atoms with Gasteiger partial charge in [0.15, 0.2) is 0 Å². The van der Waals surface area contributed by atoms with E-state index >= 15 is 0 Å². The van der Waals surface area contributed by atoms with Crippen LogP contribution in [0.15, 0.2) is 188 Å². The highest BCUT2D eigenvalue weighted by molar-refractivity contribution is 6.25. The number of benzene rings is 8. The molecule has 8 aromatic carbocycles. The van der Waals surface area contributed by atoms with Gasteiger partial charge in [-0.15, -0.1) is 0 Å². The minimum absolute atomic E-state index is 0.747. The third-order valence-electron chi connectivity index (χ3n) is 10.2. The molecule has 0 saturated heterocycles. The molecule has 0 bridgehead atoms. The van der Waals surface area contributed by atoms with E-state index in [-0.39, 0.29) is 0 Å². The van der Waals surface area contributed by atoms with Crippen molar-refractivity contribution in [2.24, 2.45) is 5.84 Å². The number of hydrazine groups is 2. The highest BCUT2D eigenvalue weighted by atomic mass is 15.5. The molecular formula is C50H45N5. The van der Waals surface area contributed by atoms with Crippen LogP contribution in [-0.2, 0) is 13.0 Å². The molecule has 0 atom stereocenters. The van der Waals surface area contributed by atoms with Gasteiger partial charge in [0.05, 0.1) is 22.1 Å². The topological polar surface area (TPSA) is 59.9 Å². The summed E-state index contributed by atoms with van der Waals surface area (Å²) in [6.45, 7) is 5.05. The standard InChI is InChI=1S/C35H24N2.C8H10.C7H11N3/c1-23-15-18-26(19-16-23)37-32-20-17-24-9-5-6-12-27(24)35(32)30-21-29-28-13-7-8-14-31(28)36(33(29)22-34(30)37)25-10-3-2-4-11-25;1-2-8-6-4-3-5-7-8;8-10-9-6-7-4-2-1-3-5-7/h2-22H,1H3;3-7H,2H2,1H3;1-5,9-10H,6,8H2. The fourth-order valence-electron chi connectivity index (χ4n) is 7.54. The second kappa shape index (κ2) is 16.3. The van der Waals surface area contributed by atoms with Gasteiger partial charge in [-0.2, -0.15) is 5.53 Å². The number of hydrogen-bond donors (Lipinski definition) is 3. The lowest BCUT2D eigenvalue weighted by Gasteiger charge is -2.10. The molecule has 5 heteroatoms. The number of nitrogens with two attached hydrogens (primary N) is 1. The Labute approximate surface area is 322 Å². The third kappa shape index (κ3) is 7.25. The van der Waals surface area contributed by atoms with Gasteiger partial charge in [0.25, 0.3) is 0 Å². The summed E-state index contributed by atoms with van der Waals surface area (Å²) >= 11 is 0. The molecule has 0 amide bonds. The molecule has 10 aromatic rings. The van der Waals surface area contributed by atoms with Crippen LogP contribution in [0.4, 0.5) is 0 Å². The molecule has 0 spiro atoms. The van der Waals surface area contributed by atoms with Gasteiger partial charge >= 0.3 is 0 Å². The normalized spacial score (nSPS) is 11.1. The van der Waals surface area contributed by atoms with Crippen LogP contribution >= 0.6 is 0 Å². The van der Waals surface area contributed by atoms with Gasteiger partial charge in [0.2, 0.25) is 0 Å². The van der Waals surface area contributed by atoms with Crippen molar-refractivity contribution in [1.29, 1.82) is 0 Å². The van der Waals surface area contributed by atoms with Crippen LogP contribution in [0.1, 0.15) is 23.6 Å². The Morgan fingerprint density at radius 2 is 1.02 bits per heavy atom. The predicted octanol–water partition coefficient (Wildman–Crippen LogP) is 11.7. The fourth-order valence-corrected chi connectivity index (χ4v) is 7.54. The summed E-state index contributed by atoms with van der Waals surface area (Å²) in [4.78, 5) is 0. The van der Waals surface area contributed by atoms with Gasteiger partial charge in [-0.25, -0.2) is 5.43 Å². The first-order valence-corrected chi connectivity index (χ1v) is 18.9. The molecule has 10 rings (SSSR count). The van der Waals surface area contributed by atoms with E-state index in [0.717, 1.165) is 13.0 Å². The van der Waals surface area contributed by atoms with E-state index in [0.29, 0.717) is 0 Å². The lowest BCUT2D eigenvalue weighted by Crippen LogP contribution is -2.36. The minimum Gasteiger partial charge on any atom is -0.309 e. The van der Waals surface area contributed by atoms with Crippen LogP contribution in [0.3, 0.4) is 0 Å². The van der Waals surface area contributed by atoms with E-state index in [2.05, 4.69) is 186 Å². The number of aryl methyl sites for hydroxylation is 2. The first-order chi connectivity index (χ1) is 27.1. The van der Waals surface area contributed by atoms with Crippen LogP contribution in [0.5, 0.6) is 0 Å². The van der Waals surface area contributed by atoms with Crippen molar-refractivity contribution >= 4 is 54.4 Å². The van der Waals surface area contributed by atoms with Gasteiger partial charge in [-0.05, 0) is 83.8 Å². The average Bonchev–Trinajstić information content (AvgIpc) is 3.76. The molecule has 0 radical (unpaired) electrons. The van der Waals surface area contributed by atoms with Gasteiger partial charge in [0, 0.05) is 39.5 Å². The number of nitrogens with one attached hydrogen (secondary N) is 2. The SMILES string of the molecule is CCc1ccccc1.Cc1ccc(-n2c3cc4c(cc3c3c5ccccc5ccc32)c2ccccc2n4-c2ccccc2)cc1.NNNCc1ccccc1. The summed E-state index contributed by atoms with van der Waals surface area (Å²) < 4.78 is 4.84. The summed E-state index contributed by atoms with van der Waals surface area (Å²) in [5, 5.41) is 7.72. The number of hydrogen-bond acceptors (Lipinski definition) is 3. The summed E-state index contributed by atoms with van der Waals surface area (Å²) in [7, 11) is 0. The van der Waals surface area contributed by atoms with Crippen molar-refractivity contribution < 1.29 is 0 Å². The Kier molecular flexibility index (Phi) is 10.5. The second-order valence-electron chi connectivity index (χ2n) is 13.7. The number of nitrogens with zero attached hydrogens (tertiary/aromatic N) is 2. The zero-order valence-electron chi connectivity index (χ0n) is 31.3. The maximum atomic E-state index is 5.02. The number of para-hydroxylation sites is 2. The van der Waals surface area contributed by atoms with Crippen molar-refractivity contribution in [1.82, 2.24) is 20.1 Å². The molecule has 0 aliphatic heterocycles. The summed E-state index contributed by atoms with van der Waals surface area (Å²) in [6.07, 6.45) is 1.14. The van der Waals surface area contributed by atoms with E-state index in [1.165, 1.54) is 82.4 Å². The molecule has 55 heavy (non-hydrogen) atoms. The molecule has 2 heterocycles. The zero-order valence-corrected chi connectivity index (χ0v) is 31.3. The molecule has 270 valence electrons. The fraction of sp³-hybridized carbons (Fsp3) is 0.0800. The van der Waals surface area contributed by atoms with E-state index < -0.39 is 0 Å². The van der Waals surface area contributed by atoms with Crippen molar-refractivity contribution in [3.8, 4) is 11.4 Å². The highest BCUT2D eigenvalue weighted by Gasteiger charge is 2.19. The first-order valence-electron chi connectivity index (χ1n) is 18.9. The Balaban J connectivity index is 0.000000195. The van der Waals surface area contributed by atoms with Crippen molar-refractivity contribution in [3.63, 3.8) is 0 Å². The Morgan fingerprint density at radius 1 is 0.455 bits per heavy atom. The minimum atomic E-state index is 0.747. The predicted molar refractivity (Wildman–Crippen MR) is 234 cm³/mol. The molecule has 0 aliphatic rings. The smallest absolute Gasteiger partial charge is 0.0562 e. The Hall–Kier alpha value is -6.50. The zero-order chi connectivity index (χ0) is 37.6. The monoisotopic (exact) mass is 715 g/mol. The van der Waals surface area contributed by atoms with Gasteiger partial charge in [-0.3, -0.25) is 5.84 Å². The van der Waals surface area contributed by atoms with E-state index in [9.17, 15) is 0 Å². The quantitative estimate of drug-likeness (QED) is 0.119. The summed E-state index contributed by atoms with van der Waals surface area (Å²) in [5.74, 6) is 5.02. The molecule has 4 N–H and O–H groups in total. The molecule has 0 saturated carbocycles. The first kappa shape index (κ1) is 35.5. The molecule has 0 fully saturated rings. The lowest BCUT2D eigenvalue weighted by atomic mass is 10.0. The maximum Gasteiger partial charge on any atom is 0.0562 e. The number of fused-ring (bicyclic) bond motifs is 8. The van der Waals surface area contributed by atoms with Crippen molar-refractivity contribution in [2.75, 3.05) is 0 Å². The van der Waals surface area contributed by atoms with Gasteiger partial charge in [-0.1, -0.05) is 152 Å². The van der Waals surface area contributed by atoms with Crippen LogP contribution in [0.2, 0.25) is 0 Å². The van der Waals surface area contributed by atoms with Crippen LogP contribution < -0.4 is 16.8 Å². The summed E-state index contributed by atoms with van der Waals surface area (Å²) in [6, 6.07) is 66.9. The van der Waals surface area contributed by atoms with Crippen LogP contribution in [-0.4, -0.2) is 9.13 Å². The van der Waals surface area contributed by atoms with Crippen molar-refractivity contribution in [3.05, 3.63) is 205 Å². The molecule has 0 aliphatic carbocycles. The number of rotatable bonds is 6. The largest absolute Gasteiger partial charge is 0.309 e. The van der Waals surface area contributed by atoms with E-state index in [1.54, 1.807) is 0 Å². The molecular weight excluding hydrogens is 671 g/mol. The van der Waals surface area contributed by atoms with E-state index in [4.69, 9.17) is 5.84 Å². The van der Waals surface area contributed by atoms with Crippen LogP contribution in [0, 0.1) is 6.92 Å². The second-order valence-corrected chi connectivity index (χ2v) is 13.7. The van der Waals surface area contributed by atoms with Crippen LogP contribution in [0.25, 0.3) is 65.8 Å². The summed E-state index contributed by atoms with van der Waals surface area (Å²) in [5.41, 5.74) is 16.3. The lowest BCUT2D eigenvalue weighted by molar-refractivity contribution is 0.553. The van der Waals surface area contributed by atoms with Crippen molar-refractivity contribution in [2.45, 2.75) is 26.8 Å². The Bertz CT molecular complexity index is 2820. The van der Waals surface area contributed by atoms with Gasteiger partial charge in [0.1, 0.15) is 0 Å². The molecule has 5 nitrogen and oxygen atoms in total. The Morgan fingerprint density at radius 3 is 1.69 bits per heavy atom. The van der Waals surface area contributed by atoms with E-state index in [1.807, 2.05) is 36.4 Å². The molecule has 2 aromatic heterocycles. The number of aromatic nitrogens is 2. The maximum absolute atomic E-state index is 5.02. The molecule has 0 unspecified atom stereocenters. The highest BCUT2D eigenvalue weighted by Crippen LogP contribution is 2.41. The third-order valence-corrected chi connectivity index (χ3v) is 10.2.